The summed E-state index contributed by atoms with van der Waals surface area (Å²) in [6.45, 7) is -0.0153. The van der Waals surface area contributed by atoms with Crippen molar-refractivity contribution in [2.75, 3.05) is 4.31 Å². The Labute approximate surface area is 165 Å². The molecule has 0 aliphatic heterocycles. The molecule has 0 amide bonds. The Morgan fingerprint density at radius 3 is 2.43 bits per heavy atom. The molecule has 0 aliphatic carbocycles. The van der Waals surface area contributed by atoms with Gasteiger partial charge in [-0.05, 0) is 47.8 Å². The molecule has 4 aromatic rings. The van der Waals surface area contributed by atoms with Crippen LogP contribution in [0.5, 0.6) is 0 Å². The molecule has 0 radical (unpaired) electrons. The number of oxazole rings is 1. The first-order valence-corrected chi connectivity index (χ1v) is 10.7. The van der Waals surface area contributed by atoms with Crippen LogP contribution in [0.2, 0.25) is 0 Å². The van der Waals surface area contributed by atoms with E-state index in [1.807, 2.05) is 17.5 Å². The number of rotatable bonds is 6. The van der Waals surface area contributed by atoms with Crippen LogP contribution in [0, 0.1) is 5.82 Å². The topological polar surface area (TPSA) is 63.4 Å². The second kappa shape index (κ2) is 7.57. The zero-order chi connectivity index (χ0) is 19.6. The van der Waals surface area contributed by atoms with Gasteiger partial charge in [-0.2, -0.15) is 0 Å². The smallest absolute Gasteiger partial charge is 0.264 e. The number of thiophene rings is 1. The van der Waals surface area contributed by atoms with Crippen molar-refractivity contribution >= 4 is 27.0 Å². The third-order valence-corrected chi connectivity index (χ3v) is 6.68. The second-order valence-corrected chi connectivity index (χ2v) is 8.73. The maximum atomic E-state index is 13.3. The lowest BCUT2D eigenvalue weighted by Crippen LogP contribution is -2.30. The minimum absolute atomic E-state index is 0.000252. The van der Waals surface area contributed by atoms with E-state index in [4.69, 9.17) is 4.42 Å². The summed E-state index contributed by atoms with van der Waals surface area (Å²) in [5, 5.41) is 1.91. The van der Waals surface area contributed by atoms with E-state index < -0.39 is 15.8 Å². The summed E-state index contributed by atoms with van der Waals surface area (Å²) >= 11 is 1.48. The van der Waals surface area contributed by atoms with Crippen LogP contribution in [0.3, 0.4) is 0 Å². The average molecular weight is 414 g/mol. The zero-order valence-corrected chi connectivity index (χ0v) is 16.2. The predicted octanol–water partition coefficient (Wildman–Crippen LogP) is 4.94. The van der Waals surface area contributed by atoms with Gasteiger partial charge in [-0.3, -0.25) is 4.31 Å². The molecule has 0 atom stereocenters. The number of aromatic nitrogens is 1. The summed E-state index contributed by atoms with van der Waals surface area (Å²) in [4.78, 5) is 5.28. The number of hydrogen-bond donors (Lipinski definition) is 0. The molecule has 142 valence electrons. The lowest BCUT2D eigenvalue weighted by molar-refractivity contribution is 0.573. The van der Waals surface area contributed by atoms with Crippen molar-refractivity contribution in [1.82, 2.24) is 4.98 Å². The van der Waals surface area contributed by atoms with Crippen molar-refractivity contribution in [3.8, 4) is 10.8 Å². The standard InChI is InChI=1S/C20H15FN2O3S2/c21-15-8-10-18(11-9-15)28(24,25)23(17-5-2-1-3-6-17)13-16-14-26-20(22-16)19-7-4-12-27-19/h1-12,14H,13H2. The molecule has 0 saturated heterocycles. The van der Waals surface area contributed by atoms with Crippen molar-refractivity contribution in [3.05, 3.63) is 89.9 Å². The lowest BCUT2D eigenvalue weighted by Gasteiger charge is -2.23. The van der Waals surface area contributed by atoms with Gasteiger partial charge < -0.3 is 4.42 Å². The van der Waals surface area contributed by atoms with Gasteiger partial charge in [-0.1, -0.05) is 24.3 Å². The molecule has 2 aromatic carbocycles. The first-order chi connectivity index (χ1) is 13.5. The Kier molecular flexibility index (Phi) is 4.97. The molecular formula is C20H15FN2O3S2. The minimum atomic E-state index is -3.93. The molecule has 5 nitrogen and oxygen atoms in total. The molecule has 0 aliphatic rings. The molecule has 8 heteroatoms. The van der Waals surface area contributed by atoms with E-state index in [0.717, 1.165) is 17.0 Å². The fourth-order valence-electron chi connectivity index (χ4n) is 2.68. The van der Waals surface area contributed by atoms with Crippen molar-refractivity contribution in [2.45, 2.75) is 11.4 Å². The molecule has 0 fully saturated rings. The Morgan fingerprint density at radius 1 is 1.00 bits per heavy atom. The number of anilines is 1. The van der Waals surface area contributed by atoms with Crippen LogP contribution in [-0.4, -0.2) is 13.4 Å². The monoisotopic (exact) mass is 414 g/mol. The molecule has 0 N–H and O–H groups in total. The van der Waals surface area contributed by atoms with Crippen LogP contribution < -0.4 is 4.31 Å². The van der Waals surface area contributed by atoms with Crippen molar-refractivity contribution in [3.63, 3.8) is 0 Å². The summed E-state index contributed by atoms with van der Waals surface area (Å²) in [7, 11) is -3.93. The number of nitrogens with zero attached hydrogens (tertiary/aromatic N) is 2. The number of sulfonamides is 1. The highest BCUT2D eigenvalue weighted by atomic mass is 32.2. The van der Waals surface area contributed by atoms with E-state index in [0.29, 0.717) is 17.3 Å². The minimum Gasteiger partial charge on any atom is -0.443 e. The highest BCUT2D eigenvalue weighted by molar-refractivity contribution is 7.92. The van der Waals surface area contributed by atoms with E-state index in [1.54, 1.807) is 30.3 Å². The molecule has 2 aromatic heterocycles. The molecule has 28 heavy (non-hydrogen) atoms. The normalized spacial score (nSPS) is 11.5. The first kappa shape index (κ1) is 18.4. The van der Waals surface area contributed by atoms with Crippen molar-refractivity contribution < 1.29 is 17.2 Å². The molecular weight excluding hydrogens is 399 g/mol. The average Bonchev–Trinajstić information content (AvgIpc) is 3.39. The van der Waals surface area contributed by atoms with E-state index in [2.05, 4.69) is 4.98 Å². The van der Waals surface area contributed by atoms with Gasteiger partial charge in [0.2, 0.25) is 5.89 Å². The van der Waals surface area contributed by atoms with Gasteiger partial charge >= 0.3 is 0 Å². The maximum Gasteiger partial charge on any atom is 0.264 e. The van der Waals surface area contributed by atoms with Crippen LogP contribution in [0.25, 0.3) is 10.8 Å². The van der Waals surface area contributed by atoms with Crippen molar-refractivity contribution in [2.24, 2.45) is 0 Å². The van der Waals surface area contributed by atoms with Crippen LogP contribution in [0.4, 0.5) is 10.1 Å². The second-order valence-electron chi connectivity index (χ2n) is 5.92. The first-order valence-electron chi connectivity index (χ1n) is 8.36. The Balaban J connectivity index is 1.71. The predicted molar refractivity (Wildman–Crippen MR) is 106 cm³/mol. The summed E-state index contributed by atoms with van der Waals surface area (Å²) in [5.41, 5.74) is 0.949. The third kappa shape index (κ3) is 3.69. The maximum absolute atomic E-state index is 13.3. The zero-order valence-electron chi connectivity index (χ0n) is 14.5. The fraction of sp³-hybridized carbons (Fsp3) is 0.0500. The summed E-state index contributed by atoms with van der Waals surface area (Å²) in [5.74, 6) is -0.0560. The van der Waals surface area contributed by atoms with Gasteiger partial charge in [0, 0.05) is 0 Å². The summed E-state index contributed by atoms with van der Waals surface area (Å²) in [6.07, 6.45) is 1.45. The fourth-order valence-corrected chi connectivity index (χ4v) is 4.77. The highest BCUT2D eigenvalue weighted by Crippen LogP contribution is 2.28. The van der Waals surface area contributed by atoms with Gasteiger partial charge in [-0.25, -0.2) is 17.8 Å². The van der Waals surface area contributed by atoms with Crippen LogP contribution in [0.15, 0.2) is 87.7 Å². The molecule has 2 heterocycles. The summed E-state index contributed by atoms with van der Waals surface area (Å²) in [6, 6.07) is 17.2. The Hall–Kier alpha value is -2.97. The molecule has 0 bridgehead atoms. The van der Waals surface area contributed by atoms with E-state index in [9.17, 15) is 12.8 Å². The Bertz CT molecular complexity index is 1160. The molecule has 4 rings (SSSR count). The highest BCUT2D eigenvalue weighted by Gasteiger charge is 2.26. The molecule has 0 saturated carbocycles. The van der Waals surface area contributed by atoms with E-state index in [-0.39, 0.29) is 11.4 Å². The van der Waals surface area contributed by atoms with Crippen LogP contribution in [-0.2, 0) is 16.6 Å². The van der Waals surface area contributed by atoms with Crippen LogP contribution in [0.1, 0.15) is 5.69 Å². The van der Waals surface area contributed by atoms with Gasteiger partial charge in [0.1, 0.15) is 17.8 Å². The molecule has 0 unspecified atom stereocenters. The number of benzene rings is 2. The number of halogens is 1. The van der Waals surface area contributed by atoms with Gasteiger partial charge in [0.05, 0.1) is 22.0 Å². The van der Waals surface area contributed by atoms with Crippen LogP contribution >= 0.6 is 11.3 Å². The number of hydrogen-bond acceptors (Lipinski definition) is 5. The Morgan fingerprint density at radius 2 is 1.75 bits per heavy atom. The third-order valence-electron chi connectivity index (χ3n) is 4.04. The van der Waals surface area contributed by atoms with E-state index in [1.165, 1.54) is 34.0 Å². The number of para-hydroxylation sites is 1. The SMILES string of the molecule is O=S(=O)(c1ccc(F)cc1)N(Cc1coc(-c2cccs2)n1)c1ccccc1. The van der Waals surface area contributed by atoms with Gasteiger partial charge in [0.15, 0.2) is 0 Å². The largest absolute Gasteiger partial charge is 0.443 e. The summed E-state index contributed by atoms with van der Waals surface area (Å²) < 4.78 is 46.5. The van der Waals surface area contributed by atoms with Crippen molar-refractivity contribution in [1.29, 1.82) is 0 Å². The van der Waals surface area contributed by atoms with E-state index >= 15 is 0 Å². The quantitative estimate of drug-likeness (QED) is 0.448. The molecule has 0 spiro atoms. The van der Waals surface area contributed by atoms with Gasteiger partial charge in [-0.15, -0.1) is 11.3 Å². The lowest BCUT2D eigenvalue weighted by atomic mass is 10.3. The van der Waals surface area contributed by atoms with Gasteiger partial charge in [0.25, 0.3) is 10.0 Å².